The van der Waals surface area contributed by atoms with Crippen LogP contribution in [0.2, 0.25) is 0 Å². The van der Waals surface area contributed by atoms with Crippen LogP contribution in [0.4, 0.5) is 0 Å². The van der Waals surface area contributed by atoms with E-state index in [2.05, 4.69) is 30.9 Å². The molecule has 1 aromatic carbocycles. The standard InChI is InChI=1S/C20H30O/c1-4-5-6-7-8-10-13-18(2)20(3,21)17-16-19-14-11-9-12-15-19/h9,11-12,14-15,18,21H,4-8,16-17H2,1-3H3. The van der Waals surface area contributed by atoms with Crippen molar-refractivity contribution < 1.29 is 5.11 Å². The van der Waals surface area contributed by atoms with Crippen molar-refractivity contribution in [2.45, 2.75) is 71.3 Å². The van der Waals surface area contributed by atoms with Crippen LogP contribution in [-0.2, 0) is 6.42 Å². The zero-order valence-corrected chi connectivity index (χ0v) is 13.9. The average Bonchev–Trinajstić information content (AvgIpc) is 2.49. The van der Waals surface area contributed by atoms with Crippen LogP contribution in [-0.4, -0.2) is 10.7 Å². The topological polar surface area (TPSA) is 20.2 Å². The Balaban J connectivity index is 2.36. The first-order valence-electron chi connectivity index (χ1n) is 8.31. The minimum absolute atomic E-state index is 0.0207. The minimum atomic E-state index is -0.716. The number of benzene rings is 1. The van der Waals surface area contributed by atoms with Gasteiger partial charge < -0.3 is 5.11 Å². The zero-order chi connectivity index (χ0) is 15.6. The van der Waals surface area contributed by atoms with E-state index in [4.69, 9.17) is 0 Å². The van der Waals surface area contributed by atoms with Gasteiger partial charge in [-0.2, -0.15) is 0 Å². The molecule has 0 radical (unpaired) electrons. The lowest BCUT2D eigenvalue weighted by Gasteiger charge is -2.27. The molecule has 1 rings (SSSR count). The highest BCUT2D eigenvalue weighted by Crippen LogP contribution is 2.22. The molecule has 0 aliphatic heterocycles. The second-order valence-electron chi connectivity index (χ2n) is 6.20. The molecule has 0 spiro atoms. The molecule has 0 heterocycles. The van der Waals surface area contributed by atoms with E-state index in [0.29, 0.717) is 0 Å². The SMILES string of the molecule is CCCCCCC#CC(C)C(C)(O)CCc1ccccc1. The quantitative estimate of drug-likeness (QED) is 0.528. The number of aliphatic hydroxyl groups is 1. The Labute approximate surface area is 130 Å². The van der Waals surface area contributed by atoms with Gasteiger partial charge in [-0.15, -0.1) is 5.92 Å². The molecule has 116 valence electrons. The third-order valence-corrected chi connectivity index (χ3v) is 4.17. The monoisotopic (exact) mass is 286 g/mol. The lowest BCUT2D eigenvalue weighted by atomic mass is 9.85. The zero-order valence-electron chi connectivity index (χ0n) is 13.9. The summed E-state index contributed by atoms with van der Waals surface area (Å²) in [6, 6.07) is 10.3. The van der Waals surface area contributed by atoms with Gasteiger partial charge in [-0.3, -0.25) is 0 Å². The number of aryl methyl sites for hydroxylation is 1. The van der Waals surface area contributed by atoms with Crippen LogP contribution < -0.4 is 0 Å². The van der Waals surface area contributed by atoms with Crippen molar-refractivity contribution in [2.24, 2.45) is 5.92 Å². The molecule has 21 heavy (non-hydrogen) atoms. The van der Waals surface area contributed by atoms with Gasteiger partial charge in [0.05, 0.1) is 5.60 Å². The van der Waals surface area contributed by atoms with Crippen LogP contribution in [0.5, 0.6) is 0 Å². The molecule has 0 aromatic heterocycles. The maximum atomic E-state index is 10.6. The van der Waals surface area contributed by atoms with Crippen LogP contribution in [0.25, 0.3) is 0 Å². The van der Waals surface area contributed by atoms with E-state index in [1.54, 1.807) is 0 Å². The van der Waals surface area contributed by atoms with E-state index >= 15 is 0 Å². The summed E-state index contributed by atoms with van der Waals surface area (Å²) in [5.74, 6) is 6.50. The Morgan fingerprint density at radius 1 is 1.14 bits per heavy atom. The van der Waals surface area contributed by atoms with E-state index in [-0.39, 0.29) is 5.92 Å². The van der Waals surface area contributed by atoms with Crippen molar-refractivity contribution >= 4 is 0 Å². The van der Waals surface area contributed by atoms with Crippen molar-refractivity contribution in [3.63, 3.8) is 0 Å². The van der Waals surface area contributed by atoms with E-state index in [1.807, 2.05) is 32.0 Å². The molecule has 0 aliphatic rings. The second-order valence-corrected chi connectivity index (χ2v) is 6.20. The first kappa shape index (κ1) is 17.8. The minimum Gasteiger partial charge on any atom is -0.389 e. The molecule has 1 N–H and O–H groups in total. The summed E-state index contributed by atoms with van der Waals surface area (Å²) in [6.45, 7) is 6.16. The molecule has 0 saturated heterocycles. The largest absolute Gasteiger partial charge is 0.389 e. The molecule has 0 aliphatic carbocycles. The van der Waals surface area contributed by atoms with Crippen LogP contribution in [0, 0.1) is 17.8 Å². The van der Waals surface area contributed by atoms with Gasteiger partial charge in [-0.1, -0.05) is 62.4 Å². The number of rotatable bonds is 8. The fourth-order valence-corrected chi connectivity index (χ4v) is 2.28. The van der Waals surface area contributed by atoms with Gasteiger partial charge in [0.1, 0.15) is 0 Å². The van der Waals surface area contributed by atoms with Crippen LogP contribution in [0.15, 0.2) is 30.3 Å². The Morgan fingerprint density at radius 3 is 2.52 bits per heavy atom. The summed E-state index contributed by atoms with van der Waals surface area (Å²) in [5.41, 5.74) is 0.559. The van der Waals surface area contributed by atoms with Crippen molar-refractivity contribution in [1.29, 1.82) is 0 Å². The lowest BCUT2D eigenvalue weighted by molar-refractivity contribution is 0.0197. The molecule has 0 amide bonds. The highest BCUT2D eigenvalue weighted by molar-refractivity contribution is 5.16. The molecule has 1 nitrogen and oxygen atoms in total. The van der Waals surface area contributed by atoms with Gasteiger partial charge in [0.15, 0.2) is 0 Å². The van der Waals surface area contributed by atoms with Crippen molar-refractivity contribution in [1.82, 2.24) is 0 Å². The smallest absolute Gasteiger partial charge is 0.0757 e. The van der Waals surface area contributed by atoms with Gasteiger partial charge in [0.2, 0.25) is 0 Å². The van der Waals surface area contributed by atoms with Crippen LogP contribution in [0.1, 0.15) is 64.9 Å². The summed E-state index contributed by atoms with van der Waals surface area (Å²) >= 11 is 0. The predicted octanol–water partition coefficient (Wildman–Crippen LogP) is 4.98. The van der Waals surface area contributed by atoms with E-state index < -0.39 is 5.60 Å². The summed E-state index contributed by atoms with van der Waals surface area (Å²) < 4.78 is 0. The maximum Gasteiger partial charge on any atom is 0.0757 e. The van der Waals surface area contributed by atoms with Crippen molar-refractivity contribution in [3.05, 3.63) is 35.9 Å². The van der Waals surface area contributed by atoms with Crippen molar-refractivity contribution in [2.75, 3.05) is 0 Å². The third kappa shape index (κ3) is 7.34. The molecular formula is C20H30O. The molecule has 1 aromatic rings. The summed E-state index contributed by atoms with van der Waals surface area (Å²) in [4.78, 5) is 0. The summed E-state index contributed by atoms with van der Waals surface area (Å²) in [7, 11) is 0. The van der Waals surface area contributed by atoms with Gasteiger partial charge in [-0.25, -0.2) is 0 Å². The molecular weight excluding hydrogens is 256 g/mol. The highest BCUT2D eigenvalue weighted by atomic mass is 16.3. The van der Waals surface area contributed by atoms with Crippen LogP contribution >= 0.6 is 0 Å². The van der Waals surface area contributed by atoms with Crippen LogP contribution in [0.3, 0.4) is 0 Å². The first-order chi connectivity index (χ1) is 10.1. The van der Waals surface area contributed by atoms with Gasteiger partial charge in [0.25, 0.3) is 0 Å². The van der Waals surface area contributed by atoms with E-state index in [9.17, 15) is 5.11 Å². The summed E-state index contributed by atoms with van der Waals surface area (Å²) in [6.07, 6.45) is 7.62. The molecule has 2 unspecified atom stereocenters. The van der Waals surface area contributed by atoms with Gasteiger partial charge in [0, 0.05) is 12.3 Å². The normalized spacial score (nSPS) is 14.9. The van der Waals surface area contributed by atoms with E-state index in [1.165, 1.54) is 31.2 Å². The summed E-state index contributed by atoms with van der Waals surface area (Å²) in [5, 5.41) is 10.6. The van der Waals surface area contributed by atoms with Crippen molar-refractivity contribution in [3.8, 4) is 11.8 Å². The number of hydrogen-bond acceptors (Lipinski definition) is 1. The Kier molecular flexibility index (Phi) is 8.16. The maximum absolute atomic E-state index is 10.6. The fourth-order valence-electron chi connectivity index (χ4n) is 2.28. The molecule has 0 fully saturated rings. The fraction of sp³-hybridized carbons (Fsp3) is 0.600. The lowest BCUT2D eigenvalue weighted by Crippen LogP contribution is -2.32. The van der Waals surface area contributed by atoms with E-state index in [0.717, 1.165) is 19.3 Å². The molecule has 0 bridgehead atoms. The predicted molar refractivity (Wildman–Crippen MR) is 91.1 cm³/mol. The molecule has 0 saturated carbocycles. The third-order valence-electron chi connectivity index (χ3n) is 4.17. The Hall–Kier alpha value is -1.26. The first-order valence-corrected chi connectivity index (χ1v) is 8.31. The van der Waals surface area contributed by atoms with Gasteiger partial charge in [-0.05, 0) is 38.7 Å². The van der Waals surface area contributed by atoms with Gasteiger partial charge >= 0.3 is 0 Å². The Morgan fingerprint density at radius 2 is 1.86 bits per heavy atom. The molecule has 2 atom stereocenters. The number of hydrogen-bond donors (Lipinski definition) is 1. The average molecular weight is 286 g/mol. The molecule has 1 heteroatoms. The highest BCUT2D eigenvalue weighted by Gasteiger charge is 2.26. The second kappa shape index (κ2) is 9.64. The Bertz CT molecular complexity index is 436. The number of unbranched alkanes of at least 4 members (excludes halogenated alkanes) is 4.